The molecule has 0 unspecified atom stereocenters. The Morgan fingerprint density at radius 3 is 2.48 bits per heavy atom. The zero-order valence-electron chi connectivity index (χ0n) is 12.7. The van der Waals surface area contributed by atoms with Gasteiger partial charge in [-0.15, -0.1) is 0 Å². The highest BCUT2D eigenvalue weighted by molar-refractivity contribution is 5.88. The van der Waals surface area contributed by atoms with Gasteiger partial charge in [-0.1, -0.05) is 56.3 Å². The second-order valence-corrected chi connectivity index (χ2v) is 5.36. The molecule has 0 heterocycles. The number of hydrogen-bond acceptors (Lipinski definition) is 2. The highest BCUT2D eigenvalue weighted by Gasteiger charge is 2.10. The highest BCUT2D eigenvalue weighted by atomic mass is 16.5. The van der Waals surface area contributed by atoms with Gasteiger partial charge in [0.15, 0.2) is 0 Å². The molecule has 0 bridgehead atoms. The lowest BCUT2D eigenvalue weighted by molar-refractivity contribution is -0.128. The molecule has 0 aliphatic rings. The number of rotatable bonds is 4. The normalized spacial score (nSPS) is 11.0. The van der Waals surface area contributed by atoms with Crippen molar-refractivity contribution in [3.05, 3.63) is 71.3 Å². The van der Waals surface area contributed by atoms with E-state index in [1.165, 1.54) is 6.08 Å². The van der Waals surface area contributed by atoms with Crippen molar-refractivity contribution in [2.45, 2.75) is 26.7 Å². The lowest BCUT2D eigenvalue weighted by atomic mass is 10.0. The van der Waals surface area contributed by atoms with E-state index >= 15 is 0 Å². The minimum Gasteiger partial charge on any atom is -0.423 e. The maximum atomic E-state index is 12.0. The molecule has 2 rings (SSSR count). The predicted octanol–water partition coefficient (Wildman–Crippen LogP) is 4.74. The fourth-order valence-corrected chi connectivity index (χ4v) is 2.08. The molecule has 0 amide bonds. The summed E-state index contributed by atoms with van der Waals surface area (Å²) in [7, 11) is 0. The first-order valence-electron chi connectivity index (χ1n) is 7.12. The third kappa shape index (κ3) is 4.32. The van der Waals surface area contributed by atoms with Crippen LogP contribution >= 0.6 is 0 Å². The van der Waals surface area contributed by atoms with E-state index in [0.717, 1.165) is 16.7 Å². The Labute approximate surface area is 126 Å². The van der Waals surface area contributed by atoms with E-state index in [0.29, 0.717) is 11.7 Å². The number of esters is 1. The van der Waals surface area contributed by atoms with Crippen molar-refractivity contribution in [1.29, 1.82) is 0 Å². The van der Waals surface area contributed by atoms with Crippen LogP contribution in [0, 0.1) is 6.92 Å². The molecule has 2 aromatic rings. The summed E-state index contributed by atoms with van der Waals surface area (Å²) in [6.45, 7) is 6.16. The number of aryl methyl sites for hydroxylation is 1. The van der Waals surface area contributed by atoms with Gasteiger partial charge in [0.05, 0.1) is 0 Å². The zero-order valence-corrected chi connectivity index (χ0v) is 12.7. The van der Waals surface area contributed by atoms with E-state index in [1.807, 2.05) is 55.5 Å². The van der Waals surface area contributed by atoms with Gasteiger partial charge < -0.3 is 4.74 Å². The first kappa shape index (κ1) is 15.0. The number of benzene rings is 2. The molecule has 0 aliphatic carbocycles. The molecule has 0 atom stereocenters. The Morgan fingerprint density at radius 2 is 1.81 bits per heavy atom. The van der Waals surface area contributed by atoms with Gasteiger partial charge in [0.1, 0.15) is 5.75 Å². The van der Waals surface area contributed by atoms with Crippen LogP contribution in [0.15, 0.2) is 54.6 Å². The summed E-state index contributed by atoms with van der Waals surface area (Å²) in [4.78, 5) is 12.0. The summed E-state index contributed by atoms with van der Waals surface area (Å²) in [6, 6.07) is 15.6. The molecular weight excluding hydrogens is 260 g/mol. The molecule has 0 saturated carbocycles. The van der Waals surface area contributed by atoms with Gasteiger partial charge in [0, 0.05) is 6.08 Å². The maximum absolute atomic E-state index is 12.0. The molecule has 0 N–H and O–H groups in total. The van der Waals surface area contributed by atoms with Crippen LogP contribution in [0.4, 0.5) is 0 Å². The minimum absolute atomic E-state index is 0.312. The van der Waals surface area contributed by atoms with Crippen molar-refractivity contribution in [3.63, 3.8) is 0 Å². The van der Waals surface area contributed by atoms with Gasteiger partial charge in [0.25, 0.3) is 0 Å². The van der Waals surface area contributed by atoms with Crippen LogP contribution in [0.25, 0.3) is 6.08 Å². The van der Waals surface area contributed by atoms with Crippen LogP contribution < -0.4 is 4.74 Å². The summed E-state index contributed by atoms with van der Waals surface area (Å²) in [5.41, 5.74) is 3.10. The number of carbonyl (C=O) groups excluding carboxylic acids is 1. The molecule has 0 saturated heterocycles. The topological polar surface area (TPSA) is 26.3 Å². The standard InChI is InChI=1S/C19H20O2/c1-14(2)17-11-9-15(3)13-18(17)21-19(20)12-10-16-7-5-4-6-8-16/h4-14H,1-3H3/b12-10+. The van der Waals surface area contributed by atoms with E-state index in [-0.39, 0.29) is 5.97 Å². The fourth-order valence-electron chi connectivity index (χ4n) is 2.08. The van der Waals surface area contributed by atoms with Crippen molar-refractivity contribution < 1.29 is 9.53 Å². The summed E-state index contributed by atoms with van der Waals surface area (Å²) in [5, 5.41) is 0. The van der Waals surface area contributed by atoms with Gasteiger partial charge in [-0.2, -0.15) is 0 Å². The Morgan fingerprint density at radius 1 is 1.10 bits per heavy atom. The largest absolute Gasteiger partial charge is 0.423 e. The molecular formula is C19H20O2. The Bertz CT molecular complexity index is 640. The minimum atomic E-state index is -0.355. The number of carbonyl (C=O) groups is 1. The molecule has 2 nitrogen and oxygen atoms in total. The molecule has 0 radical (unpaired) electrons. The summed E-state index contributed by atoms with van der Waals surface area (Å²) < 4.78 is 5.48. The molecule has 2 heteroatoms. The second-order valence-electron chi connectivity index (χ2n) is 5.36. The van der Waals surface area contributed by atoms with Crippen LogP contribution in [0.3, 0.4) is 0 Å². The molecule has 108 valence electrons. The van der Waals surface area contributed by atoms with Gasteiger partial charge in [-0.05, 0) is 41.7 Å². The van der Waals surface area contributed by atoms with Gasteiger partial charge in [-0.3, -0.25) is 0 Å². The van der Waals surface area contributed by atoms with Gasteiger partial charge >= 0.3 is 5.97 Å². The first-order chi connectivity index (χ1) is 10.1. The van der Waals surface area contributed by atoms with Crippen molar-refractivity contribution in [2.75, 3.05) is 0 Å². The molecule has 0 aliphatic heterocycles. The van der Waals surface area contributed by atoms with Crippen molar-refractivity contribution >= 4 is 12.0 Å². The van der Waals surface area contributed by atoms with E-state index < -0.39 is 0 Å². The third-order valence-corrected chi connectivity index (χ3v) is 3.21. The van der Waals surface area contributed by atoms with Gasteiger partial charge in [-0.25, -0.2) is 4.79 Å². The average molecular weight is 280 g/mol. The Balaban J connectivity index is 2.13. The Hall–Kier alpha value is -2.35. The van der Waals surface area contributed by atoms with Crippen LogP contribution in [0.5, 0.6) is 5.75 Å². The monoisotopic (exact) mass is 280 g/mol. The molecule has 21 heavy (non-hydrogen) atoms. The molecule has 0 fully saturated rings. The first-order valence-corrected chi connectivity index (χ1v) is 7.12. The number of hydrogen-bond donors (Lipinski definition) is 0. The van der Waals surface area contributed by atoms with Crippen molar-refractivity contribution in [3.8, 4) is 5.75 Å². The van der Waals surface area contributed by atoms with Crippen LogP contribution in [-0.2, 0) is 4.79 Å². The fraction of sp³-hybridized carbons (Fsp3) is 0.211. The van der Waals surface area contributed by atoms with E-state index in [9.17, 15) is 4.79 Å². The van der Waals surface area contributed by atoms with Crippen LogP contribution in [0.1, 0.15) is 36.5 Å². The summed E-state index contributed by atoms with van der Waals surface area (Å²) >= 11 is 0. The smallest absolute Gasteiger partial charge is 0.336 e. The lowest BCUT2D eigenvalue weighted by Crippen LogP contribution is -2.06. The molecule has 2 aromatic carbocycles. The zero-order chi connectivity index (χ0) is 15.2. The third-order valence-electron chi connectivity index (χ3n) is 3.21. The van der Waals surface area contributed by atoms with Crippen molar-refractivity contribution in [1.82, 2.24) is 0 Å². The second kappa shape index (κ2) is 6.89. The van der Waals surface area contributed by atoms with Gasteiger partial charge in [0.2, 0.25) is 0 Å². The quantitative estimate of drug-likeness (QED) is 0.459. The summed E-state index contributed by atoms with van der Waals surface area (Å²) in [6.07, 6.45) is 3.22. The van der Waals surface area contributed by atoms with E-state index in [1.54, 1.807) is 6.08 Å². The Kier molecular flexibility index (Phi) is 4.94. The SMILES string of the molecule is Cc1ccc(C(C)C)c(OC(=O)/C=C/c2ccccc2)c1. The summed E-state index contributed by atoms with van der Waals surface area (Å²) in [5.74, 6) is 0.602. The highest BCUT2D eigenvalue weighted by Crippen LogP contribution is 2.27. The molecule has 0 aromatic heterocycles. The average Bonchev–Trinajstić information content (AvgIpc) is 2.46. The van der Waals surface area contributed by atoms with E-state index in [2.05, 4.69) is 13.8 Å². The lowest BCUT2D eigenvalue weighted by Gasteiger charge is -2.12. The maximum Gasteiger partial charge on any atom is 0.336 e. The predicted molar refractivity (Wildman–Crippen MR) is 86.4 cm³/mol. The van der Waals surface area contributed by atoms with Crippen LogP contribution in [-0.4, -0.2) is 5.97 Å². The molecule has 0 spiro atoms. The van der Waals surface area contributed by atoms with Crippen molar-refractivity contribution in [2.24, 2.45) is 0 Å². The van der Waals surface area contributed by atoms with E-state index in [4.69, 9.17) is 4.74 Å². The number of ether oxygens (including phenoxy) is 1. The van der Waals surface area contributed by atoms with Crippen LogP contribution in [0.2, 0.25) is 0 Å².